The van der Waals surface area contributed by atoms with Gasteiger partial charge >= 0.3 is 29.8 Å². The lowest BCUT2D eigenvalue weighted by molar-refractivity contribution is -0.348. The summed E-state index contributed by atoms with van der Waals surface area (Å²) in [6, 6.07) is 0. The topological polar surface area (TPSA) is 240 Å². The number of hydrogen-bond acceptors (Lipinski definition) is 17. The molecule has 3 fully saturated rings. The minimum atomic E-state index is -2.45. The first-order chi connectivity index (χ1) is 29.6. The van der Waals surface area contributed by atoms with Crippen LogP contribution in [-0.2, 0) is 61.9 Å². The van der Waals surface area contributed by atoms with Crippen molar-refractivity contribution >= 4 is 29.8 Å². The molecular weight excluding hydrogens is 824 g/mol. The van der Waals surface area contributed by atoms with E-state index in [2.05, 4.69) is 0 Å². The van der Waals surface area contributed by atoms with E-state index in [1.54, 1.807) is 45.9 Å². The zero-order chi connectivity index (χ0) is 46.8. The van der Waals surface area contributed by atoms with Crippen molar-refractivity contribution in [2.24, 2.45) is 10.8 Å². The number of carbonyl (C=O) groups excluding carboxylic acids is 5. The average Bonchev–Trinajstić information content (AvgIpc) is 3.19. The summed E-state index contributed by atoms with van der Waals surface area (Å²) >= 11 is 0. The van der Waals surface area contributed by atoms with Crippen LogP contribution in [0.1, 0.15) is 106 Å². The molecule has 0 unspecified atom stereocenters. The van der Waals surface area contributed by atoms with Crippen molar-refractivity contribution in [1.29, 1.82) is 0 Å². The number of aliphatic hydroxyl groups excluding tert-OH is 2. The molecule has 4 heterocycles. The van der Waals surface area contributed by atoms with Gasteiger partial charge in [0.2, 0.25) is 5.79 Å². The van der Waals surface area contributed by atoms with Crippen molar-refractivity contribution in [3.05, 3.63) is 59.8 Å². The van der Waals surface area contributed by atoms with E-state index in [4.69, 9.17) is 37.9 Å². The smallest absolute Gasteiger partial charge is 0.331 e. The van der Waals surface area contributed by atoms with Crippen molar-refractivity contribution in [2.75, 3.05) is 20.8 Å². The number of fused-ring (bicyclic) bond motifs is 6. The number of aliphatic hydroxyl groups is 4. The molecule has 0 aromatic heterocycles. The van der Waals surface area contributed by atoms with E-state index in [0.717, 1.165) is 32.1 Å². The Hall–Kier alpha value is -4.23. The van der Waals surface area contributed by atoms with E-state index in [1.807, 2.05) is 13.0 Å². The quantitative estimate of drug-likeness (QED) is 0.0844. The van der Waals surface area contributed by atoms with Gasteiger partial charge in [0.05, 0.1) is 63.2 Å². The molecule has 17 nitrogen and oxygen atoms in total. The van der Waals surface area contributed by atoms with Crippen LogP contribution in [-0.4, -0.2) is 132 Å². The molecule has 3 saturated heterocycles. The van der Waals surface area contributed by atoms with Gasteiger partial charge in [0.1, 0.15) is 12.2 Å². The molecule has 0 aromatic carbocycles. The Morgan fingerprint density at radius 3 is 2.21 bits per heavy atom. The van der Waals surface area contributed by atoms with Crippen molar-refractivity contribution < 1.29 is 82.3 Å². The maximum absolute atomic E-state index is 13.4. The summed E-state index contributed by atoms with van der Waals surface area (Å²) in [6.45, 7) is 9.12. The predicted molar refractivity (Wildman–Crippen MR) is 224 cm³/mol. The van der Waals surface area contributed by atoms with E-state index in [1.165, 1.54) is 26.2 Å². The van der Waals surface area contributed by atoms with Gasteiger partial charge in [-0.3, -0.25) is 9.59 Å². The maximum atomic E-state index is 13.4. The molecule has 0 saturated carbocycles. The molecule has 0 radical (unpaired) electrons. The first kappa shape index (κ1) is 51.4. The summed E-state index contributed by atoms with van der Waals surface area (Å²) in [7, 11) is 2.40. The largest absolute Gasteiger partial charge is 0.466 e. The second-order valence-electron chi connectivity index (χ2n) is 17.8. The van der Waals surface area contributed by atoms with Crippen molar-refractivity contribution in [1.82, 2.24) is 0 Å². The third-order valence-electron chi connectivity index (χ3n) is 12.1. The monoisotopic (exact) mass is 890 g/mol. The van der Waals surface area contributed by atoms with Crippen molar-refractivity contribution in [3.8, 4) is 0 Å². The zero-order valence-electron chi connectivity index (χ0n) is 37.6. The molecule has 4 aliphatic heterocycles. The van der Waals surface area contributed by atoms with E-state index in [9.17, 15) is 44.4 Å². The molecule has 6 bridgehead atoms. The summed E-state index contributed by atoms with van der Waals surface area (Å²) in [5.41, 5.74) is -2.04. The fraction of sp³-hybridized carbons (Fsp3) is 0.674. The van der Waals surface area contributed by atoms with Crippen LogP contribution in [0.4, 0.5) is 0 Å². The Kier molecular flexibility index (Phi) is 18.0. The Labute approximate surface area is 369 Å². The normalized spacial score (nSPS) is 35.1. The third-order valence-corrected chi connectivity index (χ3v) is 12.1. The van der Waals surface area contributed by atoms with E-state index in [-0.39, 0.29) is 50.5 Å². The van der Waals surface area contributed by atoms with Crippen molar-refractivity contribution in [2.45, 2.75) is 166 Å². The summed E-state index contributed by atoms with van der Waals surface area (Å²) in [5, 5.41) is 46.9. The number of rotatable bonds is 9. The van der Waals surface area contributed by atoms with E-state index >= 15 is 0 Å². The van der Waals surface area contributed by atoms with Crippen LogP contribution in [0.15, 0.2) is 59.8 Å². The lowest BCUT2D eigenvalue weighted by Gasteiger charge is -2.53. The lowest BCUT2D eigenvalue weighted by atomic mass is 9.70. The molecular formula is C46H66O17. The molecule has 17 heteroatoms. The van der Waals surface area contributed by atoms with Crippen LogP contribution < -0.4 is 0 Å². The van der Waals surface area contributed by atoms with E-state index < -0.39 is 114 Å². The molecule has 352 valence electrons. The van der Waals surface area contributed by atoms with E-state index in [0.29, 0.717) is 5.57 Å². The van der Waals surface area contributed by atoms with Gasteiger partial charge in [0.15, 0.2) is 11.9 Å². The number of unbranched alkanes of at least 4 members (excludes halogenated alkanes) is 1. The summed E-state index contributed by atoms with van der Waals surface area (Å²) in [4.78, 5) is 64.4. The number of methoxy groups -OCH3 is 2. The third kappa shape index (κ3) is 13.4. The molecule has 0 amide bonds. The van der Waals surface area contributed by atoms with Gasteiger partial charge in [-0.1, -0.05) is 77.0 Å². The Balaban J connectivity index is 1.87. The molecule has 10 atom stereocenters. The number of cyclic esters (lactones) is 1. The van der Waals surface area contributed by atoms with Gasteiger partial charge in [-0.25, -0.2) is 14.4 Å². The minimum Gasteiger partial charge on any atom is -0.466 e. The standard InChI is InChI=1S/C46H66O17/c1-9-10-11-12-13-14-38(50)61-42-30(21-40(52)57-8)20-33-24-36(27-47)60-41(53)23-31(49)22-34-25-37(58-28(2)48)44(5,6)45(54,62-34)26-35-18-29(19-39(51)56-7)17-32(59-35)15-16-43(3,4)46(42,55)63-33/h11-16,19,21,31-37,42,47,49,54-55H,9-10,17-18,20,22-27H2,1-8H3/t31-,32+,33+,34-,35+,36-,37+,42+,45+,46-/m1/s1. The van der Waals surface area contributed by atoms with Gasteiger partial charge < -0.3 is 58.3 Å². The molecule has 4 N–H and O–H groups in total. The second-order valence-corrected chi connectivity index (χ2v) is 17.8. The van der Waals surface area contributed by atoms with Crippen molar-refractivity contribution in [3.63, 3.8) is 0 Å². The number of carbonyl (C=O) groups is 5. The predicted octanol–water partition coefficient (Wildman–Crippen LogP) is 3.89. The van der Waals surface area contributed by atoms with Gasteiger partial charge in [0.25, 0.3) is 0 Å². The fourth-order valence-electron chi connectivity index (χ4n) is 8.44. The molecule has 4 aliphatic rings. The van der Waals surface area contributed by atoms with Crippen LogP contribution >= 0.6 is 0 Å². The number of ether oxygens (including phenoxy) is 8. The highest BCUT2D eigenvalue weighted by molar-refractivity contribution is 5.85. The lowest BCUT2D eigenvalue weighted by Crippen LogP contribution is -2.62. The SMILES string of the molecule is CCCC=CC=CC(=O)O[C@H]1C(=CC(=O)OC)C[C@H]2C[C@H](CO)OC(=O)C[C@H](O)C[C@@H]3C[C@H](OC(C)=O)C(C)(C)[C@](O)(C[C@@H]4CC(=CC(=O)OC)C[C@H](C=CC(C)(C)[C@]1(O)O2)O4)O3. The Morgan fingerprint density at radius 2 is 1.56 bits per heavy atom. The molecule has 4 rings (SSSR count). The molecule has 0 spiro atoms. The Bertz CT molecular complexity index is 1790. The van der Waals surface area contributed by atoms with Gasteiger partial charge in [-0.2, -0.15) is 0 Å². The molecule has 0 aliphatic carbocycles. The highest BCUT2D eigenvalue weighted by atomic mass is 16.7. The van der Waals surface area contributed by atoms with Gasteiger partial charge in [-0.05, 0) is 31.3 Å². The first-order valence-corrected chi connectivity index (χ1v) is 21.5. The minimum absolute atomic E-state index is 0.0751. The number of hydrogen-bond donors (Lipinski definition) is 4. The fourth-order valence-corrected chi connectivity index (χ4v) is 8.44. The summed E-state index contributed by atoms with van der Waals surface area (Å²) in [5.74, 6) is -8.29. The van der Waals surface area contributed by atoms with Crippen LogP contribution in [0.25, 0.3) is 0 Å². The van der Waals surface area contributed by atoms with Gasteiger partial charge in [0, 0.05) is 56.3 Å². The maximum Gasteiger partial charge on any atom is 0.331 e. The summed E-state index contributed by atoms with van der Waals surface area (Å²) in [6.07, 6.45) is 3.95. The second kappa shape index (κ2) is 22.1. The van der Waals surface area contributed by atoms with Gasteiger partial charge in [-0.15, -0.1) is 0 Å². The highest BCUT2D eigenvalue weighted by Crippen LogP contribution is 2.50. The molecule has 63 heavy (non-hydrogen) atoms. The van der Waals surface area contributed by atoms with Crippen LogP contribution in [0.2, 0.25) is 0 Å². The van der Waals surface area contributed by atoms with Crippen LogP contribution in [0.3, 0.4) is 0 Å². The first-order valence-electron chi connectivity index (χ1n) is 21.5. The number of allylic oxidation sites excluding steroid dienone is 3. The van der Waals surface area contributed by atoms with Crippen LogP contribution in [0, 0.1) is 10.8 Å². The Morgan fingerprint density at radius 1 is 0.857 bits per heavy atom. The summed E-state index contributed by atoms with van der Waals surface area (Å²) < 4.78 is 46.4. The number of esters is 5. The molecule has 0 aromatic rings. The highest BCUT2D eigenvalue weighted by Gasteiger charge is 2.59. The average molecular weight is 891 g/mol. The zero-order valence-corrected chi connectivity index (χ0v) is 37.6. The van der Waals surface area contributed by atoms with Crippen LogP contribution in [0.5, 0.6) is 0 Å².